The first-order valence-corrected chi connectivity index (χ1v) is 16.7. The molecular formula is C45H26N2O3. The van der Waals surface area contributed by atoms with E-state index in [4.69, 9.17) is 18.2 Å². The first kappa shape index (κ1) is 27.1. The Labute approximate surface area is 285 Å². The van der Waals surface area contributed by atoms with Crippen LogP contribution in [-0.4, -0.2) is 4.98 Å². The SMILES string of the molecule is c1ccc(-c2nc3ccc4ccc5cc(N(c6ccc7oc8ccccc8c7c6)c6cccc7c6oc6ccccc67)ccc5c4c3o2)cc1. The van der Waals surface area contributed by atoms with E-state index in [-0.39, 0.29) is 0 Å². The van der Waals surface area contributed by atoms with E-state index in [1.165, 1.54) is 0 Å². The minimum atomic E-state index is 0.619. The fraction of sp³-hybridized carbons (Fsp3) is 0. The smallest absolute Gasteiger partial charge is 0.227 e. The maximum atomic E-state index is 6.60. The van der Waals surface area contributed by atoms with Crippen LogP contribution in [0.2, 0.25) is 0 Å². The monoisotopic (exact) mass is 642 g/mol. The van der Waals surface area contributed by atoms with Gasteiger partial charge in [0.05, 0.1) is 5.69 Å². The zero-order valence-corrected chi connectivity index (χ0v) is 26.6. The van der Waals surface area contributed by atoms with Crippen molar-refractivity contribution in [1.29, 1.82) is 0 Å². The Kier molecular flexibility index (Phi) is 5.60. The third kappa shape index (κ3) is 3.98. The van der Waals surface area contributed by atoms with Gasteiger partial charge < -0.3 is 18.2 Å². The lowest BCUT2D eigenvalue weighted by molar-refractivity contribution is 0.623. The number of fused-ring (bicyclic) bond motifs is 11. The first-order chi connectivity index (χ1) is 24.8. The highest BCUT2D eigenvalue weighted by Gasteiger charge is 2.22. The van der Waals surface area contributed by atoms with Crippen molar-refractivity contribution in [3.05, 3.63) is 158 Å². The molecular weight excluding hydrogens is 617 g/mol. The molecule has 0 aliphatic rings. The average Bonchev–Trinajstić information content (AvgIpc) is 3.89. The van der Waals surface area contributed by atoms with Crippen LogP contribution in [-0.2, 0) is 0 Å². The van der Waals surface area contributed by atoms with Crippen molar-refractivity contribution < 1.29 is 13.3 Å². The lowest BCUT2D eigenvalue weighted by atomic mass is 10.00. The molecule has 0 N–H and O–H groups in total. The van der Waals surface area contributed by atoms with Crippen molar-refractivity contribution >= 4 is 93.6 Å². The molecule has 0 spiro atoms. The van der Waals surface area contributed by atoms with Gasteiger partial charge in [0, 0.05) is 43.9 Å². The molecule has 8 aromatic carbocycles. The fourth-order valence-corrected chi connectivity index (χ4v) is 7.55. The maximum Gasteiger partial charge on any atom is 0.227 e. The van der Waals surface area contributed by atoms with Gasteiger partial charge in [0.1, 0.15) is 22.3 Å². The van der Waals surface area contributed by atoms with Gasteiger partial charge in [-0.15, -0.1) is 0 Å². The molecule has 234 valence electrons. The number of benzene rings is 8. The van der Waals surface area contributed by atoms with Crippen LogP contribution in [0.4, 0.5) is 17.1 Å². The van der Waals surface area contributed by atoms with Crippen LogP contribution in [0.3, 0.4) is 0 Å². The summed E-state index contributed by atoms with van der Waals surface area (Å²) in [6, 6.07) is 54.4. The fourth-order valence-electron chi connectivity index (χ4n) is 7.55. The van der Waals surface area contributed by atoms with E-state index in [0.29, 0.717) is 5.89 Å². The number of rotatable bonds is 4. The molecule has 11 rings (SSSR count). The van der Waals surface area contributed by atoms with Gasteiger partial charge in [-0.3, -0.25) is 0 Å². The highest BCUT2D eigenvalue weighted by Crippen LogP contribution is 2.45. The van der Waals surface area contributed by atoms with Crippen molar-refractivity contribution in [3.8, 4) is 11.5 Å². The van der Waals surface area contributed by atoms with E-state index in [1.807, 2.05) is 60.7 Å². The Morgan fingerprint density at radius 3 is 1.98 bits per heavy atom. The Morgan fingerprint density at radius 1 is 0.420 bits per heavy atom. The second-order valence-electron chi connectivity index (χ2n) is 12.7. The number of anilines is 3. The molecule has 11 aromatic rings. The normalized spacial score (nSPS) is 12.0. The van der Waals surface area contributed by atoms with Crippen LogP contribution < -0.4 is 4.90 Å². The third-order valence-corrected chi connectivity index (χ3v) is 9.86. The van der Waals surface area contributed by atoms with Crippen molar-refractivity contribution in [2.75, 3.05) is 4.90 Å². The largest absolute Gasteiger partial charge is 0.456 e. The van der Waals surface area contributed by atoms with Crippen LogP contribution in [0, 0.1) is 0 Å². The quantitative estimate of drug-likeness (QED) is 0.179. The van der Waals surface area contributed by atoms with E-state index in [0.717, 1.165) is 99.1 Å². The summed E-state index contributed by atoms with van der Waals surface area (Å²) in [5, 5.41) is 8.68. The first-order valence-electron chi connectivity index (χ1n) is 16.7. The van der Waals surface area contributed by atoms with Crippen LogP contribution in [0.1, 0.15) is 0 Å². The van der Waals surface area contributed by atoms with Gasteiger partial charge in [-0.1, -0.05) is 91.0 Å². The van der Waals surface area contributed by atoms with Crippen molar-refractivity contribution in [1.82, 2.24) is 4.98 Å². The molecule has 5 heteroatoms. The van der Waals surface area contributed by atoms with Crippen molar-refractivity contribution in [3.63, 3.8) is 0 Å². The standard InChI is InChI=1S/C45H26N2O3/c1-2-9-28(10-3-1)45-46-37-23-19-27-17-18-29-25-30(20-22-32(29)42(27)44(37)50-45)47(31-21-24-41-36(26-31)34-12-5-6-15-39(34)48-41)38-14-8-13-35-33-11-4-7-16-40(33)49-43(35)38/h1-26H. The second-order valence-corrected chi connectivity index (χ2v) is 12.7. The molecule has 0 radical (unpaired) electrons. The predicted molar refractivity (Wildman–Crippen MR) is 204 cm³/mol. The van der Waals surface area contributed by atoms with Crippen molar-refractivity contribution in [2.24, 2.45) is 0 Å². The van der Waals surface area contributed by atoms with E-state index in [9.17, 15) is 0 Å². The number of aromatic nitrogens is 1. The van der Waals surface area contributed by atoms with E-state index >= 15 is 0 Å². The summed E-state index contributed by atoms with van der Waals surface area (Å²) in [5.74, 6) is 0.619. The summed E-state index contributed by atoms with van der Waals surface area (Å²) in [6.07, 6.45) is 0. The summed E-state index contributed by atoms with van der Waals surface area (Å²) < 4.78 is 19.3. The lowest BCUT2D eigenvalue weighted by Crippen LogP contribution is -2.10. The molecule has 0 fully saturated rings. The summed E-state index contributed by atoms with van der Waals surface area (Å²) in [7, 11) is 0. The summed E-state index contributed by atoms with van der Waals surface area (Å²) >= 11 is 0. The molecule has 0 amide bonds. The Balaban J connectivity index is 1.16. The number of nitrogens with zero attached hydrogens (tertiary/aromatic N) is 2. The van der Waals surface area contributed by atoms with E-state index in [2.05, 4.69) is 102 Å². The number of hydrogen-bond acceptors (Lipinski definition) is 5. The van der Waals surface area contributed by atoms with Crippen LogP contribution in [0.25, 0.3) is 88.0 Å². The van der Waals surface area contributed by atoms with Gasteiger partial charge in [0.15, 0.2) is 11.2 Å². The van der Waals surface area contributed by atoms with Gasteiger partial charge >= 0.3 is 0 Å². The van der Waals surface area contributed by atoms with Gasteiger partial charge in [-0.2, -0.15) is 0 Å². The Hall–Kier alpha value is -6.85. The van der Waals surface area contributed by atoms with Gasteiger partial charge in [-0.05, 0) is 82.9 Å². The van der Waals surface area contributed by atoms with Gasteiger partial charge in [-0.25, -0.2) is 4.98 Å². The minimum absolute atomic E-state index is 0.619. The maximum absolute atomic E-state index is 6.60. The van der Waals surface area contributed by atoms with E-state index in [1.54, 1.807) is 0 Å². The molecule has 0 saturated carbocycles. The minimum Gasteiger partial charge on any atom is -0.456 e. The Morgan fingerprint density at radius 2 is 1.10 bits per heavy atom. The number of hydrogen-bond donors (Lipinski definition) is 0. The summed E-state index contributed by atoms with van der Waals surface area (Å²) in [5.41, 5.74) is 8.98. The Bertz CT molecular complexity index is 3110. The molecule has 0 saturated heterocycles. The third-order valence-electron chi connectivity index (χ3n) is 9.86. The highest BCUT2D eigenvalue weighted by atomic mass is 16.3. The molecule has 0 aliphatic heterocycles. The van der Waals surface area contributed by atoms with Gasteiger partial charge in [0.25, 0.3) is 0 Å². The topological polar surface area (TPSA) is 55.6 Å². The molecule has 3 aromatic heterocycles. The zero-order chi connectivity index (χ0) is 32.8. The molecule has 0 aliphatic carbocycles. The lowest BCUT2D eigenvalue weighted by Gasteiger charge is -2.26. The summed E-state index contributed by atoms with van der Waals surface area (Å²) in [4.78, 5) is 7.15. The van der Waals surface area contributed by atoms with E-state index < -0.39 is 0 Å². The summed E-state index contributed by atoms with van der Waals surface area (Å²) in [6.45, 7) is 0. The predicted octanol–water partition coefficient (Wildman–Crippen LogP) is 13.1. The zero-order valence-electron chi connectivity index (χ0n) is 26.6. The van der Waals surface area contributed by atoms with Crippen LogP contribution >= 0.6 is 0 Å². The molecule has 3 heterocycles. The second kappa shape index (κ2) is 10.3. The van der Waals surface area contributed by atoms with Crippen molar-refractivity contribution in [2.45, 2.75) is 0 Å². The molecule has 0 unspecified atom stereocenters. The number of furan rings is 2. The van der Waals surface area contributed by atoms with Crippen LogP contribution in [0.15, 0.2) is 171 Å². The molecule has 0 bridgehead atoms. The number of para-hydroxylation sites is 3. The molecule has 50 heavy (non-hydrogen) atoms. The molecule has 5 nitrogen and oxygen atoms in total. The van der Waals surface area contributed by atoms with Crippen LogP contribution in [0.5, 0.6) is 0 Å². The average molecular weight is 643 g/mol. The molecule has 0 atom stereocenters. The number of oxazole rings is 1. The highest BCUT2D eigenvalue weighted by molar-refractivity contribution is 6.19. The van der Waals surface area contributed by atoms with Gasteiger partial charge in [0.2, 0.25) is 5.89 Å².